The second-order valence-corrected chi connectivity index (χ2v) is 15.1. The molecule has 2 saturated carbocycles. The van der Waals surface area contributed by atoms with Gasteiger partial charge in [-0.25, -0.2) is 9.59 Å². The first-order valence-corrected chi connectivity index (χ1v) is 19.2. The van der Waals surface area contributed by atoms with Crippen molar-refractivity contribution >= 4 is 28.7 Å². The lowest BCUT2D eigenvalue weighted by Crippen LogP contribution is -2.45. The van der Waals surface area contributed by atoms with E-state index in [2.05, 4.69) is 19.9 Å². The van der Waals surface area contributed by atoms with Gasteiger partial charge in [0.05, 0.1) is 17.0 Å². The van der Waals surface area contributed by atoms with Crippen molar-refractivity contribution in [1.29, 1.82) is 0 Å². The van der Waals surface area contributed by atoms with Gasteiger partial charge in [0.1, 0.15) is 35.2 Å². The summed E-state index contributed by atoms with van der Waals surface area (Å²) in [6, 6.07) is 28.5. The normalized spacial score (nSPS) is 23.1. The van der Waals surface area contributed by atoms with Gasteiger partial charge in [-0.2, -0.15) is 0 Å². The number of ether oxygens (including phenoxy) is 4. The van der Waals surface area contributed by atoms with E-state index in [4.69, 9.17) is 18.9 Å². The van der Waals surface area contributed by atoms with Crippen molar-refractivity contribution < 1.29 is 43.5 Å². The van der Waals surface area contributed by atoms with Gasteiger partial charge < -0.3 is 29.2 Å². The summed E-state index contributed by atoms with van der Waals surface area (Å²) >= 11 is 0. The minimum Gasteiger partial charge on any atom is -0.508 e. The summed E-state index contributed by atoms with van der Waals surface area (Å²) in [6.07, 6.45) is 2.98. The Morgan fingerprint density at radius 3 is 2.11 bits per heavy atom. The third kappa shape index (κ3) is 6.06. The minimum atomic E-state index is -1.17. The fraction of sp³-hybridized carbons (Fsp3) is 0.326. The Bertz CT molecular complexity index is 2270. The zero-order valence-electron chi connectivity index (χ0n) is 31.3. The maximum Gasteiger partial charge on any atom is 0.340 e. The second-order valence-electron chi connectivity index (χ2n) is 15.1. The van der Waals surface area contributed by atoms with Gasteiger partial charge >= 0.3 is 17.9 Å². The Kier molecular flexibility index (Phi) is 9.27. The maximum atomic E-state index is 13.2. The summed E-state index contributed by atoms with van der Waals surface area (Å²) in [5.74, 6) is 1.14. The molecule has 2 saturated heterocycles. The topological polar surface area (TPSA) is 129 Å². The highest BCUT2D eigenvalue weighted by Gasteiger charge is 2.54. The van der Waals surface area contributed by atoms with Crippen LogP contribution in [0.5, 0.6) is 23.0 Å². The predicted molar refractivity (Wildman–Crippen MR) is 205 cm³/mol. The molecule has 2 aliphatic carbocycles. The summed E-state index contributed by atoms with van der Waals surface area (Å²) in [6.45, 7) is 8.32. The molecule has 11 rings (SSSR count). The molecule has 4 heterocycles. The van der Waals surface area contributed by atoms with Crippen molar-refractivity contribution in [3.05, 3.63) is 130 Å². The van der Waals surface area contributed by atoms with Crippen LogP contribution in [0.4, 0.5) is 0 Å². The van der Waals surface area contributed by atoms with Gasteiger partial charge in [-0.15, -0.1) is 0 Å². The number of rotatable bonds is 3. The van der Waals surface area contributed by atoms with Crippen LogP contribution in [-0.2, 0) is 24.6 Å². The highest BCUT2D eigenvalue weighted by molar-refractivity contribution is 6.05. The Morgan fingerprint density at radius 2 is 1.42 bits per heavy atom. The van der Waals surface area contributed by atoms with Crippen molar-refractivity contribution in [3.8, 4) is 23.0 Å². The average Bonchev–Trinajstić information content (AvgIpc) is 3.37. The van der Waals surface area contributed by atoms with E-state index in [1.54, 1.807) is 24.3 Å². The molecule has 1 spiro atoms. The largest absolute Gasteiger partial charge is 0.508 e. The summed E-state index contributed by atoms with van der Waals surface area (Å²) in [7, 11) is 0. The van der Waals surface area contributed by atoms with Crippen LogP contribution >= 0.6 is 0 Å². The fourth-order valence-corrected chi connectivity index (χ4v) is 9.28. The molecule has 4 bridgehead atoms. The van der Waals surface area contributed by atoms with E-state index < -0.39 is 11.6 Å². The maximum absolute atomic E-state index is 13.2. The molecule has 0 amide bonds. The first kappa shape index (κ1) is 36.2. The Balaban J connectivity index is 0.000000150. The molecule has 4 fully saturated rings. The quantitative estimate of drug-likeness (QED) is 0.137. The molecule has 5 atom stereocenters. The molecular formula is C46H44O9. The third-order valence-electron chi connectivity index (χ3n) is 11.6. The number of phenols is 2. The van der Waals surface area contributed by atoms with Crippen molar-refractivity contribution in [2.75, 3.05) is 0 Å². The Labute approximate surface area is 319 Å². The van der Waals surface area contributed by atoms with Crippen LogP contribution < -0.4 is 4.74 Å². The van der Waals surface area contributed by atoms with E-state index in [1.165, 1.54) is 29.8 Å². The molecule has 0 aromatic heterocycles. The van der Waals surface area contributed by atoms with Crippen LogP contribution in [0.3, 0.4) is 0 Å². The van der Waals surface area contributed by atoms with Gasteiger partial charge in [-0.05, 0) is 90.3 Å². The van der Waals surface area contributed by atoms with Crippen molar-refractivity contribution in [2.45, 2.75) is 77.1 Å². The molecule has 2 N–H and O–H groups in total. The monoisotopic (exact) mass is 740 g/mol. The first-order chi connectivity index (χ1) is 26.6. The van der Waals surface area contributed by atoms with Crippen LogP contribution in [0.25, 0.3) is 10.8 Å². The summed E-state index contributed by atoms with van der Waals surface area (Å²) < 4.78 is 23.5. The molecular weight excluding hydrogens is 696 g/mol. The van der Waals surface area contributed by atoms with Crippen molar-refractivity contribution in [2.24, 2.45) is 17.8 Å². The van der Waals surface area contributed by atoms with Crippen molar-refractivity contribution in [1.82, 2.24) is 0 Å². The number of carbonyl (C=O) groups is 3. The first-order valence-electron chi connectivity index (χ1n) is 19.2. The molecule has 9 nitrogen and oxygen atoms in total. The second kappa shape index (κ2) is 14.1. The van der Waals surface area contributed by atoms with Gasteiger partial charge in [-0.3, -0.25) is 4.79 Å². The lowest BCUT2D eigenvalue weighted by atomic mass is 9.67. The standard InChI is InChI=1S/C24H26O4.C20H12O5.C2H6/c1-13(2)17-7-8-20(19-6-4-3-5-18(17)19)24(26)28-22-15-9-14-10-16(12-15)23(25)27-21(22)11-14;21-11-5-7-15-17(9-11)24-18-10-12(22)6-8-16(18)20(15)14-4-2-1-3-13(14)19(23)25-20;1-2/h3-8,13-16,21-22H,9-12H2,1-2H3;1-10,21-22H;1-2H3. The summed E-state index contributed by atoms with van der Waals surface area (Å²) in [4.78, 5) is 38.0. The van der Waals surface area contributed by atoms with Gasteiger partial charge in [0.15, 0.2) is 5.60 Å². The Hall–Kier alpha value is -5.83. The van der Waals surface area contributed by atoms with Crippen LogP contribution in [0.15, 0.2) is 97.1 Å². The van der Waals surface area contributed by atoms with Gasteiger partial charge in [-0.1, -0.05) is 76.2 Å². The molecule has 5 aromatic carbocycles. The van der Waals surface area contributed by atoms with E-state index in [9.17, 15) is 24.6 Å². The summed E-state index contributed by atoms with van der Waals surface area (Å²) in [5.41, 5.74) is 3.11. The predicted octanol–water partition coefficient (Wildman–Crippen LogP) is 9.54. The lowest BCUT2D eigenvalue weighted by molar-refractivity contribution is -0.156. The van der Waals surface area contributed by atoms with Crippen LogP contribution in [0.2, 0.25) is 0 Å². The third-order valence-corrected chi connectivity index (χ3v) is 11.6. The van der Waals surface area contributed by atoms with E-state index in [-0.39, 0.29) is 47.5 Å². The number of hydrogen-bond donors (Lipinski definition) is 2. The molecule has 5 unspecified atom stereocenters. The highest BCUT2D eigenvalue weighted by Crippen LogP contribution is 2.57. The number of esters is 3. The van der Waals surface area contributed by atoms with E-state index in [1.807, 2.05) is 56.3 Å². The molecule has 55 heavy (non-hydrogen) atoms. The number of aromatic hydroxyl groups is 2. The van der Waals surface area contributed by atoms with E-state index in [0.29, 0.717) is 51.2 Å². The molecule has 5 aromatic rings. The SMILES string of the molecule is CC.CC(C)c1ccc(C(=O)OC2C3CC4CC(C3)C(=O)OC2C4)c2ccccc12.O=C1OC2(c3ccc(O)cc3Oc3cc(O)ccc32)c2ccccc21. The number of benzene rings is 5. The fourth-order valence-electron chi connectivity index (χ4n) is 9.28. The van der Waals surface area contributed by atoms with Gasteiger partial charge in [0, 0.05) is 34.7 Å². The van der Waals surface area contributed by atoms with Crippen LogP contribution in [0, 0.1) is 17.8 Å². The van der Waals surface area contributed by atoms with Crippen LogP contribution in [0.1, 0.15) is 102 Å². The number of carbonyl (C=O) groups excluding carboxylic acids is 3. The molecule has 9 heteroatoms. The average molecular weight is 741 g/mol. The number of hydrogen-bond acceptors (Lipinski definition) is 9. The van der Waals surface area contributed by atoms with E-state index in [0.717, 1.165) is 36.5 Å². The molecule has 282 valence electrons. The van der Waals surface area contributed by atoms with Gasteiger partial charge in [0.2, 0.25) is 0 Å². The Morgan fingerprint density at radius 1 is 0.764 bits per heavy atom. The zero-order chi connectivity index (χ0) is 38.6. The highest BCUT2D eigenvalue weighted by atomic mass is 16.6. The summed E-state index contributed by atoms with van der Waals surface area (Å²) in [5, 5.41) is 21.7. The molecule has 4 aliphatic heterocycles. The zero-order valence-corrected chi connectivity index (χ0v) is 31.3. The van der Waals surface area contributed by atoms with Crippen molar-refractivity contribution in [3.63, 3.8) is 0 Å². The lowest BCUT2D eigenvalue weighted by Gasteiger charge is -2.41. The molecule has 6 aliphatic rings. The van der Waals surface area contributed by atoms with Crippen LogP contribution in [-0.4, -0.2) is 40.3 Å². The van der Waals surface area contributed by atoms with E-state index >= 15 is 0 Å². The van der Waals surface area contributed by atoms with Gasteiger partial charge in [0.25, 0.3) is 0 Å². The number of fused-ring (bicyclic) bond motifs is 8. The smallest absolute Gasteiger partial charge is 0.340 e. The molecule has 0 radical (unpaired) electrons. The number of phenolic OH excluding ortho intramolecular Hbond substituents is 2. The minimum absolute atomic E-state index is 0.0105.